The molecule has 0 saturated carbocycles. The van der Waals surface area contributed by atoms with Crippen LogP contribution >= 0.6 is 0 Å². The first-order chi connectivity index (χ1) is 20.0. The molecule has 6 rings (SSSR count). The molecule has 0 aliphatic rings. The number of hydrogen-bond acceptors (Lipinski definition) is 6. The molecule has 0 spiro atoms. The van der Waals surface area contributed by atoms with Crippen LogP contribution in [-0.4, -0.2) is 25.7 Å². The largest absolute Gasteiger partial charge is 0.454 e. The predicted octanol–water partition coefficient (Wildman–Crippen LogP) is 6.17. The van der Waals surface area contributed by atoms with Crippen LogP contribution in [0.5, 0.6) is 11.5 Å². The molecular formula is C31H19F2N5O3. The van der Waals surface area contributed by atoms with Gasteiger partial charge in [-0.2, -0.15) is 9.78 Å². The van der Waals surface area contributed by atoms with Crippen LogP contribution in [-0.2, 0) is 0 Å². The van der Waals surface area contributed by atoms with Gasteiger partial charge in [-0.1, -0.05) is 30.3 Å². The van der Waals surface area contributed by atoms with E-state index < -0.39 is 23.1 Å². The van der Waals surface area contributed by atoms with Gasteiger partial charge in [-0.25, -0.2) is 8.78 Å². The van der Waals surface area contributed by atoms with Gasteiger partial charge in [0.05, 0.1) is 11.1 Å². The smallest absolute Gasteiger partial charge is 0.279 e. The van der Waals surface area contributed by atoms with Gasteiger partial charge in [0, 0.05) is 53.1 Å². The van der Waals surface area contributed by atoms with E-state index in [1.54, 1.807) is 55.0 Å². The molecule has 8 nitrogen and oxygen atoms in total. The van der Waals surface area contributed by atoms with E-state index in [4.69, 9.17) is 4.74 Å². The minimum absolute atomic E-state index is 0.0671. The molecule has 200 valence electrons. The van der Waals surface area contributed by atoms with E-state index in [-0.39, 0.29) is 28.2 Å². The summed E-state index contributed by atoms with van der Waals surface area (Å²) in [7, 11) is 0. The van der Waals surface area contributed by atoms with Crippen molar-refractivity contribution in [3.8, 4) is 28.3 Å². The van der Waals surface area contributed by atoms with Crippen molar-refractivity contribution >= 4 is 22.4 Å². The quantitative estimate of drug-likeness (QED) is 0.268. The summed E-state index contributed by atoms with van der Waals surface area (Å²) in [5.41, 5.74) is 1.06. The minimum atomic E-state index is -0.723. The number of fused-ring (bicyclic) bond motifs is 1. The average molecular weight is 548 g/mol. The molecule has 3 heterocycles. The van der Waals surface area contributed by atoms with Crippen LogP contribution in [0.2, 0.25) is 0 Å². The summed E-state index contributed by atoms with van der Waals surface area (Å²) >= 11 is 0. The standard InChI is InChI=1S/C31H19F2N5O3/c32-20-6-3-7-22(15-20)38-31(40)24-9-2-1-8-23(24)29(37-38)30(39)36-21-10-11-28(26(33)16-21)41-27-12-14-35-18-25(27)19-5-4-13-34-17-19/h1-18H,(H,36,39). The molecule has 0 atom stereocenters. The van der Waals surface area contributed by atoms with Gasteiger partial charge in [0.25, 0.3) is 11.5 Å². The van der Waals surface area contributed by atoms with Gasteiger partial charge in [0.15, 0.2) is 17.3 Å². The van der Waals surface area contributed by atoms with E-state index in [0.29, 0.717) is 16.7 Å². The lowest BCUT2D eigenvalue weighted by Crippen LogP contribution is -2.26. The molecule has 0 aliphatic carbocycles. The van der Waals surface area contributed by atoms with Crippen molar-refractivity contribution in [2.45, 2.75) is 0 Å². The third-order valence-corrected chi connectivity index (χ3v) is 6.24. The zero-order valence-electron chi connectivity index (χ0n) is 21.2. The zero-order valence-corrected chi connectivity index (χ0v) is 21.2. The molecule has 0 bridgehead atoms. The lowest BCUT2D eigenvalue weighted by Gasteiger charge is -2.13. The number of pyridine rings is 2. The number of nitrogens with zero attached hydrogens (tertiary/aromatic N) is 4. The van der Waals surface area contributed by atoms with Gasteiger partial charge >= 0.3 is 0 Å². The van der Waals surface area contributed by atoms with Crippen LogP contribution in [0.3, 0.4) is 0 Å². The van der Waals surface area contributed by atoms with Crippen molar-refractivity contribution < 1.29 is 18.3 Å². The van der Waals surface area contributed by atoms with Crippen molar-refractivity contribution in [3.63, 3.8) is 0 Å². The summed E-state index contributed by atoms with van der Waals surface area (Å²) < 4.78 is 35.9. The van der Waals surface area contributed by atoms with Gasteiger partial charge in [0.1, 0.15) is 11.6 Å². The highest BCUT2D eigenvalue weighted by Gasteiger charge is 2.19. The maximum atomic E-state index is 15.2. The Labute approximate surface area is 231 Å². The summed E-state index contributed by atoms with van der Waals surface area (Å²) in [5, 5.41) is 7.37. The molecule has 0 radical (unpaired) electrons. The topological polar surface area (TPSA) is 99.0 Å². The molecule has 6 aromatic rings. The number of carbonyl (C=O) groups is 1. The molecule has 41 heavy (non-hydrogen) atoms. The molecule has 10 heteroatoms. The number of rotatable bonds is 6. The predicted molar refractivity (Wildman–Crippen MR) is 149 cm³/mol. The highest BCUT2D eigenvalue weighted by atomic mass is 19.1. The molecule has 3 aromatic carbocycles. The third-order valence-electron chi connectivity index (χ3n) is 6.24. The SMILES string of the molecule is O=C(Nc1ccc(Oc2ccncc2-c2cccnc2)c(F)c1)c1nn(-c2cccc(F)c2)c(=O)c2ccccc12. The molecule has 1 amide bonds. The number of amides is 1. The van der Waals surface area contributed by atoms with Crippen LogP contribution in [0.25, 0.3) is 27.6 Å². The molecule has 3 aromatic heterocycles. The molecular weight excluding hydrogens is 528 g/mol. The average Bonchev–Trinajstić information content (AvgIpc) is 2.99. The van der Waals surface area contributed by atoms with E-state index in [2.05, 4.69) is 20.4 Å². The van der Waals surface area contributed by atoms with E-state index >= 15 is 4.39 Å². The Morgan fingerprint density at radius 2 is 1.63 bits per heavy atom. The first-order valence-electron chi connectivity index (χ1n) is 12.4. The Kier molecular flexibility index (Phi) is 6.70. The van der Waals surface area contributed by atoms with Gasteiger partial charge in [-0.3, -0.25) is 19.6 Å². The highest BCUT2D eigenvalue weighted by Crippen LogP contribution is 2.34. The highest BCUT2D eigenvalue weighted by molar-refractivity contribution is 6.11. The second-order valence-corrected chi connectivity index (χ2v) is 8.91. The lowest BCUT2D eigenvalue weighted by molar-refractivity contribution is 0.102. The van der Waals surface area contributed by atoms with Gasteiger partial charge in [-0.05, 0) is 48.5 Å². The fraction of sp³-hybridized carbons (Fsp3) is 0. The molecule has 0 fully saturated rings. The van der Waals surface area contributed by atoms with Crippen LogP contribution in [0.4, 0.5) is 14.5 Å². The van der Waals surface area contributed by atoms with Gasteiger partial charge < -0.3 is 10.1 Å². The van der Waals surface area contributed by atoms with Crippen molar-refractivity contribution in [1.82, 2.24) is 19.7 Å². The van der Waals surface area contributed by atoms with E-state index in [9.17, 15) is 14.0 Å². The van der Waals surface area contributed by atoms with Crippen LogP contribution in [0.1, 0.15) is 10.5 Å². The maximum Gasteiger partial charge on any atom is 0.279 e. The molecule has 0 unspecified atom stereocenters. The zero-order chi connectivity index (χ0) is 28.3. The number of anilines is 1. The minimum Gasteiger partial charge on any atom is -0.454 e. The first-order valence-corrected chi connectivity index (χ1v) is 12.4. The van der Waals surface area contributed by atoms with Gasteiger partial charge in [0.2, 0.25) is 0 Å². The summed E-state index contributed by atoms with van der Waals surface area (Å²) in [4.78, 5) is 34.7. The Morgan fingerprint density at radius 3 is 2.41 bits per heavy atom. The summed E-state index contributed by atoms with van der Waals surface area (Å²) in [6, 6.07) is 21.0. The van der Waals surface area contributed by atoms with Gasteiger partial charge in [-0.15, -0.1) is 0 Å². The second kappa shape index (κ2) is 10.8. The normalized spacial score (nSPS) is 10.9. The van der Waals surface area contributed by atoms with E-state index in [1.165, 1.54) is 36.5 Å². The number of carbonyl (C=O) groups excluding carboxylic acids is 1. The number of aromatic nitrogens is 4. The lowest BCUT2D eigenvalue weighted by atomic mass is 10.1. The fourth-order valence-corrected chi connectivity index (χ4v) is 4.32. The maximum absolute atomic E-state index is 15.2. The number of nitrogens with one attached hydrogen (secondary N) is 1. The van der Waals surface area contributed by atoms with Crippen molar-refractivity contribution in [3.05, 3.63) is 137 Å². The third kappa shape index (κ3) is 5.13. The number of halogens is 2. The molecule has 0 saturated heterocycles. The number of hydrogen-bond donors (Lipinski definition) is 1. The van der Waals surface area contributed by atoms with Crippen molar-refractivity contribution in [2.75, 3.05) is 5.32 Å². The van der Waals surface area contributed by atoms with E-state index in [0.717, 1.165) is 22.4 Å². The fourth-order valence-electron chi connectivity index (χ4n) is 4.32. The molecule has 0 aliphatic heterocycles. The number of ether oxygens (including phenoxy) is 1. The van der Waals surface area contributed by atoms with Crippen molar-refractivity contribution in [2.24, 2.45) is 0 Å². The van der Waals surface area contributed by atoms with Crippen LogP contribution < -0.4 is 15.6 Å². The summed E-state index contributed by atoms with van der Waals surface area (Å²) in [5.74, 6) is -1.67. The Hall–Kier alpha value is -5.77. The Morgan fingerprint density at radius 1 is 0.805 bits per heavy atom. The van der Waals surface area contributed by atoms with Crippen LogP contribution in [0.15, 0.2) is 115 Å². The summed E-state index contributed by atoms with van der Waals surface area (Å²) in [6.07, 6.45) is 6.41. The number of benzene rings is 3. The van der Waals surface area contributed by atoms with Crippen molar-refractivity contribution in [1.29, 1.82) is 0 Å². The first kappa shape index (κ1) is 25.5. The second-order valence-electron chi connectivity index (χ2n) is 8.91. The molecule has 1 N–H and O–H groups in total. The van der Waals surface area contributed by atoms with E-state index in [1.807, 2.05) is 6.07 Å². The Balaban J connectivity index is 1.31. The monoisotopic (exact) mass is 547 g/mol. The van der Waals surface area contributed by atoms with Crippen LogP contribution in [0, 0.1) is 11.6 Å². The Bertz CT molecular complexity index is 1980. The summed E-state index contributed by atoms with van der Waals surface area (Å²) in [6.45, 7) is 0.